The van der Waals surface area contributed by atoms with Crippen LogP contribution in [-0.2, 0) is 0 Å². The summed E-state index contributed by atoms with van der Waals surface area (Å²) in [5.74, 6) is -2.24. The first-order valence-electron chi connectivity index (χ1n) is 4.69. The molecule has 1 heterocycles. The van der Waals surface area contributed by atoms with E-state index in [-0.39, 0.29) is 18.3 Å². The molecule has 2 N–H and O–H groups in total. The van der Waals surface area contributed by atoms with Gasteiger partial charge in [-0.05, 0) is 32.4 Å². The molecular formula is C9H18F2N2. The molecule has 0 aromatic carbocycles. The number of halogens is 2. The SMILES string of the molecule is CN1CC(CN)C(CC(C)(F)F)C1. The number of rotatable bonds is 3. The van der Waals surface area contributed by atoms with Gasteiger partial charge in [0, 0.05) is 19.5 Å². The lowest BCUT2D eigenvalue weighted by atomic mass is 9.91. The fourth-order valence-corrected chi connectivity index (χ4v) is 2.13. The van der Waals surface area contributed by atoms with Crippen LogP contribution >= 0.6 is 0 Å². The minimum absolute atomic E-state index is 0.0286. The molecule has 0 aromatic rings. The first kappa shape index (κ1) is 10.9. The van der Waals surface area contributed by atoms with E-state index in [0.717, 1.165) is 20.0 Å². The number of nitrogens with zero attached hydrogens (tertiary/aromatic N) is 1. The highest BCUT2D eigenvalue weighted by Crippen LogP contribution is 2.31. The van der Waals surface area contributed by atoms with Crippen molar-refractivity contribution in [2.45, 2.75) is 19.3 Å². The molecule has 0 radical (unpaired) electrons. The third-order valence-corrected chi connectivity index (χ3v) is 2.68. The summed E-state index contributed by atoms with van der Waals surface area (Å²) >= 11 is 0. The van der Waals surface area contributed by atoms with Crippen molar-refractivity contribution in [3.8, 4) is 0 Å². The Morgan fingerprint density at radius 3 is 2.38 bits per heavy atom. The largest absolute Gasteiger partial charge is 0.330 e. The van der Waals surface area contributed by atoms with E-state index in [1.807, 2.05) is 7.05 Å². The molecule has 0 aromatic heterocycles. The lowest BCUT2D eigenvalue weighted by Gasteiger charge is -2.20. The van der Waals surface area contributed by atoms with Gasteiger partial charge in [-0.2, -0.15) is 0 Å². The average Bonchev–Trinajstić information content (AvgIpc) is 2.27. The molecule has 1 saturated heterocycles. The minimum Gasteiger partial charge on any atom is -0.330 e. The van der Waals surface area contributed by atoms with Crippen LogP contribution in [0.4, 0.5) is 8.78 Å². The van der Waals surface area contributed by atoms with Gasteiger partial charge < -0.3 is 10.6 Å². The molecule has 1 aliphatic rings. The first-order valence-corrected chi connectivity index (χ1v) is 4.69. The van der Waals surface area contributed by atoms with Crippen molar-refractivity contribution in [3.05, 3.63) is 0 Å². The summed E-state index contributed by atoms with van der Waals surface area (Å²) in [4.78, 5) is 2.08. The molecule has 1 aliphatic heterocycles. The van der Waals surface area contributed by atoms with E-state index in [4.69, 9.17) is 5.73 Å². The zero-order valence-electron chi connectivity index (χ0n) is 8.26. The van der Waals surface area contributed by atoms with Crippen molar-refractivity contribution in [2.75, 3.05) is 26.7 Å². The maximum atomic E-state index is 12.8. The summed E-state index contributed by atoms with van der Waals surface area (Å²) in [6.45, 7) is 3.12. The summed E-state index contributed by atoms with van der Waals surface area (Å²) in [5.41, 5.74) is 5.53. The van der Waals surface area contributed by atoms with E-state index in [1.165, 1.54) is 0 Å². The maximum absolute atomic E-state index is 12.8. The monoisotopic (exact) mass is 192 g/mol. The van der Waals surface area contributed by atoms with Gasteiger partial charge in [0.25, 0.3) is 0 Å². The maximum Gasteiger partial charge on any atom is 0.245 e. The normalized spacial score (nSPS) is 31.2. The van der Waals surface area contributed by atoms with Crippen LogP contribution in [-0.4, -0.2) is 37.5 Å². The van der Waals surface area contributed by atoms with Crippen LogP contribution in [0.1, 0.15) is 13.3 Å². The molecule has 0 amide bonds. The molecule has 13 heavy (non-hydrogen) atoms. The highest BCUT2D eigenvalue weighted by atomic mass is 19.3. The molecule has 78 valence electrons. The molecule has 2 atom stereocenters. The fourth-order valence-electron chi connectivity index (χ4n) is 2.13. The lowest BCUT2D eigenvalue weighted by Crippen LogP contribution is -2.26. The second kappa shape index (κ2) is 3.88. The smallest absolute Gasteiger partial charge is 0.245 e. The Hall–Kier alpha value is -0.220. The minimum atomic E-state index is -2.55. The first-order chi connectivity index (χ1) is 5.92. The molecule has 0 saturated carbocycles. The Balaban J connectivity index is 2.49. The van der Waals surface area contributed by atoms with Gasteiger partial charge in [0.2, 0.25) is 5.92 Å². The van der Waals surface area contributed by atoms with Crippen molar-refractivity contribution >= 4 is 0 Å². The van der Waals surface area contributed by atoms with E-state index >= 15 is 0 Å². The van der Waals surface area contributed by atoms with Gasteiger partial charge >= 0.3 is 0 Å². The van der Waals surface area contributed by atoms with E-state index in [1.54, 1.807) is 0 Å². The number of hydrogen-bond acceptors (Lipinski definition) is 2. The van der Waals surface area contributed by atoms with E-state index in [0.29, 0.717) is 6.54 Å². The summed E-state index contributed by atoms with van der Waals surface area (Å²) in [7, 11) is 1.95. The molecular weight excluding hydrogens is 174 g/mol. The van der Waals surface area contributed by atoms with Crippen molar-refractivity contribution in [3.63, 3.8) is 0 Å². The van der Waals surface area contributed by atoms with Crippen LogP contribution in [0.3, 0.4) is 0 Å². The Morgan fingerprint density at radius 1 is 1.38 bits per heavy atom. The van der Waals surface area contributed by atoms with Gasteiger partial charge in [-0.1, -0.05) is 0 Å². The molecule has 2 unspecified atom stereocenters. The van der Waals surface area contributed by atoms with Crippen molar-refractivity contribution in [1.82, 2.24) is 4.90 Å². The molecule has 0 spiro atoms. The van der Waals surface area contributed by atoms with Crippen LogP contribution in [0.25, 0.3) is 0 Å². The van der Waals surface area contributed by atoms with Gasteiger partial charge in [-0.25, -0.2) is 8.78 Å². The number of likely N-dealkylation sites (tertiary alicyclic amines) is 1. The zero-order valence-corrected chi connectivity index (χ0v) is 8.26. The highest BCUT2D eigenvalue weighted by molar-refractivity contribution is 4.85. The predicted molar refractivity (Wildman–Crippen MR) is 48.8 cm³/mol. The zero-order chi connectivity index (χ0) is 10.1. The average molecular weight is 192 g/mol. The Bertz CT molecular complexity index is 167. The summed E-state index contributed by atoms with van der Waals surface area (Å²) in [6, 6.07) is 0. The van der Waals surface area contributed by atoms with Gasteiger partial charge in [-0.3, -0.25) is 0 Å². The number of nitrogens with two attached hydrogens (primary N) is 1. The molecule has 4 heteroatoms. The Labute approximate surface area is 78.1 Å². The predicted octanol–water partition coefficient (Wildman–Crippen LogP) is 1.17. The van der Waals surface area contributed by atoms with Crippen LogP contribution in [0.5, 0.6) is 0 Å². The lowest BCUT2D eigenvalue weighted by molar-refractivity contribution is -0.00680. The third-order valence-electron chi connectivity index (χ3n) is 2.68. The molecule has 0 bridgehead atoms. The van der Waals surface area contributed by atoms with E-state index < -0.39 is 5.92 Å². The summed E-state index contributed by atoms with van der Waals surface area (Å²) in [5, 5.41) is 0. The van der Waals surface area contributed by atoms with Gasteiger partial charge in [0.05, 0.1) is 0 Å². The summed E-state index contributed by atoms with van der Waals surface area (Å²) in [6.07, 6.45) is -0.0286. The molecule has 1 fully saturated rings. The van der Waals surface area contributed by atoms with Gasteiger partial charge in [0.15, 0.2) is 0 Å². The third kappa shape index (κ3) is 3.19. The molecule has 0 aliphatic carbocycles. The van der Waals surface area contributed by atoms with E-state index in [2.05, 4.69) is 4.90 Å². The van der Waals surface area contributed by atoms with Crippen LogP contribution in [0.15, 0.2) is 0 Å². The topological polar surface area (TPSA) is 29.3 Å². The Morgan fingerprint density at radius 2 is 1.92 bits per heavy atom. The highest BCUT2D eigenvalue weighted by Gasteiger charge is 2.36. The quantitative estimate of drug-likeness (QED) is 0.727. The van der Waals surface area contributed by atoms with E-state index in [9.17, 15) is 8.78 Å². The van der Waals surface area contributed by atoms with Crippen molar-refractivity contribution in [1.29, 1.82) is 0 Å². The second-order valence-corrected chi connectivity index (χ2v) is 4.25. The fraction of sp³-hybridized carbons (Fsp3) is 1.00. The van der Waals surface area contributed by atoms with Crippen molar-refractivity contribution in [2.24, 2.45) is 17.6 Å². The number of hydrogen-bond donors (Lipinski definition) is 1. The van der Waals surface area contributed by atoms with Crippen LogP contribution in [0.2, 0.25) is 0 Å². The molecule has 2 nitrogen and oxygen atoms in total. The standard InChI is InChI=1S/C9H18F2N2/c1-9(10,11)3-7-5-13(2)6-8(7)4-12/h7-8H,3-6,12H2,1-2H3. The van der Waals surface area contributed by atoms with Crippen LogP contribution < -0.4 is 5.73 Å². The van der Waals surface area contributed by atoms with Crippen molar-refractivity contribution < 1.29 is 8.78 Å². The number of alkyl halides is 2. The second-order valence-electron chi connectivity index (χ2n) is 4.25. The molecule has 1 rings (SSSR count). The Kier molecular flexibility index (Phi) is 3.24. The van der Waals surface area contributed by atoms with Crippen LogP contribution in [0, 0.1) is 11.8 Å². The van der Waals surface area contributed by atoms with Gasteiger partial charge in [0.1, 0.15) is 0 Å². The summed E-state index contributed by atoms with van der Waals surface area (Å²) < 4.78 is 25.5. The van der Waals surface area contributed by atoms with Gasteiger partial charge in [-0.15, -0.1) is 0 Å².